The van der Waals surface area contributed by atoms with Crippen LogP contribution >= 0.6 is 0 Å². The van der Waals surface area contributed by atoms with E-state index in [1.807, 2.05) is 0 Å². The second-order valence-electron chi connectivity index (χ2n) is 5.23. The van der Waals surface area contributed by atoms with Crippen LogP contribution in [-0.4, -0.2) is 69.8 Å². The minimum absolute atomic E-state index is 0.141. The highest BCUT2D eigenvalue weighted by Crippen LogP contribution is 2.31. The average molecular weight is 351 g/mol. The lowest BCUT2D eigenvalue weighted by Crippen LogP contribution is -2.65. The van der Waals surface area contributed by atoms with E-state index < -0.39 is 49.3 Å². The van der Waals surface area contributed by atoms with Gasteiger partial charge in [0.1, 0.15) is 24.4 Å². The van der Waals surface area contributed by atoms with E-state index >= 15 is 0 Å². The molecule has 4 N–H and O–H groups in total. The van der Waals surface area contributed by atoms with Gasteiger partial charge < -0.3 is 25.2 Å². The molecule has 1 heterocycles. The number of para-hydroxylation sites is 1. The summed E-state index contributed by atoms with van der Waals surface area (Å²) in [6.07, 6.45) is -14.3. The number of carbonyl (C=O) groups excluding carboxylic acids is 1. The third kappa shape index (κ3) is 3.52. The first-order chi connectivity index (χ1) is 11.2. The minimum atomic E-state index is -5.27. The van der Waals surface area contributed by atoms with Gasteiger partial charge in [-0.05, 0) is 12.1 Å². The van der Waals surface area contributed by atoms with Gasteiger partial charge in [0.05, 0.1) is 6.61 Å². The van der Waals surface area contributed by atoms with Gasteiger partial charge in [-0.3, -0.25) is 9.69 Å². The number of ether oxygens (including phenoxy) is 1. The van der Waals surface area contributed by atoms with Crippen LogP contribution in [0.1, 0.15) is 0 Å². The third-order valence-corrected chi connectivity index (χ3v) is 3.62. The van der Waals surface area contributed by atoms with E-state index in [4.69, 9.17) is 9.84 Å². The van der Waals surface area contributed by atoms with Crippen molar-refractivity contribution in [3.05, 3.63) is 30.3 Å². The predicted octanol–water partition coefficient (Wildman–Crippen LogP) is -0.618. The lowest BCUT2D eigenvalue weighted by molar-refractivity contribution is -0.232. The van der Waals surface area contributed by atoms with Gasteiger partial charge in [-0.15, -0.1) is 0 Å². The van der Waals surface area contributed by atoms with Gasteiger partial charge in [-0.25, -0.2) is 0 Å². The fourth-order valence-corrected chi connectivity index (χ4v) is 2.40. The molecule has 0 aliphatic carbocycles. The van der Waals surface area contributed by atoms with E-state index in [1.54, 1.807) is 0 Å². The zero-order chi connectivity index (χ0) is 18.1. The van der Waals surface area contributed by atoms with Crippen LogP contribution in [-0.2, 0) is 9.53 Å². The zero-order valence-corrected chi connectivity index (χ0v) is 12.2. The van der Waals surface area contributed by atoms with E-state index in [2.05, 4.69) is 0 Å². The van der Waals surface area contributed by atoms with Crippen molar-refractivity contribution in [1.82, 2.24) is 0 Å². The van der Waals surface area contributed by atoms with Crippen LogP contribution in [0.4, 0.5) is 18.9 Å². The summed E-state index contributed by atoms with van der Waals surface area (Å²) in [4.78, 5) is 11.9. The molecule has 0 saturated carbocycles. The van der Waals surface area contributed by atoms with Crippen LogP contribution < -0.4 is 4.90 Å². The summed E-state index contributed by atoms with van der Waals surface area (Å²) in [5.41, 5.74) is -0.232. The van der Waals surface area contributed by atoms with Crippen molar-refractivity contribution >= 4 is 11.6 Å². The number of halogens is 3. The highest BCUT2D eigenvalue weighted by atomic mass is 19.4. The van der Waals surface area contributed by atoms with Gasteiger partial charge in [0.2, 0.25) is 0 Å². The van der Waals surface area contributed by atoms with Gasteiger partial charge in [-0.1, -0.05) is 18.2 Å². The molecule has 134 valence electrons. The van der Waals surface area contributed by atoms with Gasteiger partial charge in [-0.2, -0.15) is 13.2 Å². The molecular formula is C14H16F3NO6. The number of hydrogen-bond donors (Lipinski definition) is 4. The Morgan fingerprint density at radius 3 is 2.17 bits per heavy atom. The van der Waals surface area contributed by atoms with Crippen LogP contribution in [0, 0.1) is 0 Å². The van der Waals surface area contributed by atoms with Crippen molar-refractivity contribution < 1.29 is 43.1 Å². The SMILES string of the molecule is O=C(N(c1ccccc1)C1O[C@H](CO)[C@@H](O)[C@H](O)[C@H]1O)C(F)(F)F. The number of aliphatic hydroxyl groups is 4. The summed E-state index contributed by atoms with van der Waals surface area (Å²) in [6.45, 7) is -0.829. The number of nitrogens with zero attached hydrogens (tertiary/aromatic N) is 1. The number of benzene rings is 1. The van der Waals surface area contributed by atoms with Crippen molar-refractivity contribution in [3.63, 3.8) is 0 Å². The molecule has 1 unspecified atom stereocenters. The molecule has 1 aliphatic heterocycles. The average Bonchev–Trinajstić information content (AvgIpc) is 2.55. The van der Waals surface area contributed by atoms with Gasteiger partial charge >= 0.3 is 12.1 Å². The number of carbonyl (C=O) groups is 1. The Hall–Kier alpha value is -1.72. The molecule has 0 aromatic heterocycles. The molecule has 10 heteroatoms. The van der Waals surface area contributed by atoms with Crippen LogP contribution in [0.15, 0.2) is 30.3 Å². The lowest BCUT2D eigenvalue weighted by Gasteiger charge is -2.44. The van der Waals surface area contributed by atoms with Crippen molar-refractivity contribution in [1.29, 1.82) is 0 Å². The number of anilines is 1. The fraction of sp³-hybridized carbons (Fsp3) is 0.500. The summed E-state index contributed by atoms with van der Waals surface area (Å²) in [5.74, 6) is -2.32. The molecule has 1 aromatic carbocycles. The number of rotatable bonds is 3. The number of hydrogen-bond acceptors (Lipinski definition) is 6. The van der Waals surface area contributed by atoms with Gasteiger partial charge in [0, 0.05) is 5.69 Å². The van der Waals surface area contributed by atoms with Crippen LogP contribution in [0.2, 0.25) is 0 Å². The number of alkyl halides is 3. The normalized spacial score (nSPS) is 30.9. The Labute approximate surface area is 134 Å². The molecule has 2 rings (SSSR count). The summed E-state index contributed by atoms with van der Waals surface area (Å²) in [5, 5.41) is 38.6. The first kappa shape index (κ1) is 18.6. The Morgan fingerprint density at radius 2 is 1.67 bits per heavy atom. The maximum Gasteiger partial charge on any atom is 0.471 e. The van der Waals surface area contributed by atoms with Crippen LogP contribution in [0.3, 0.4) is 0 Å². The third-order valence-electron chi connectivity index (χ3n) is 3.62. The Bertz CT molecular complexity index is 567. The summed E-state index contributed by atoms with van der Waals surface area (Å²) >= 11 is 0. The molecule has 7 nitrogen and oxygen atoms in total. The molecule has 5 atom stereocenters. The van der Waals surface area contributed by atoms with Crippen LogP contribution in [0.5, 0.6) is 0 Å². The molecule has 1 aromatic rings. The summed E-state index contributed by atoms with van der Waals surface area (Å²) in [6, 6.07) is 6.62. The standard InChI is InChI=1S/C14H16F3NO6/c15-14(16,17)13(23)18(7-4-2-1-3-5-7)12-11(22)10(21)9(20)8(6-19)24-12/h1-5,8-12,19-22H,6H2/t8-,9-,10+,11-,12?/m1/s1. The van der Waals surface area contributed by atoms with E-state index in [1.165, 1.54) is 30.3 Å². The molecule has 24 heavy (non-hydrogen) atoms. The number of amides is 1. The van der Waals surface area contributed by atoms with E-state index in [9.17, 15) is 33.3 Å². The summed E-state index contributed by atoms with van der Waals surface area (Å²) in [7, 11) is 0. The first-order valence-electron chi connectivity index (χ1n) is 6.94. The van der Waals surface area contributed by atoms with Gasteiger partial charge in [0.25, 0.3) is 0 Å². The van der Waals surface area contributed by atoms with Crippen molar-refractivity contribution in [3.8, 4) is 0 Å². The van der Waals surface area contributed by atoms with Crippen molar-refractivity contribution in [2.45, 2.75) is 36.8 Å². The van der Waals surface area contributed by atoms with E-state index in [0.29, 0.717) is 0 Å². The van der Waals surface area contributed by atoms with Crippen molar-refractivity contribution in [2.75, 3.05) is 11.5 Å². The fourth-order valence-electron chi connectivity index (χ4n) is 2.40. The summed E-state index contributed by atoms with van der Waals surface area (Å²) < 4.78 is 43.8. The maximum atomic E-state index is 12.9. The molecule has 0 spiro atoms. The van der Waals surface area contributed by atoms with E-state index in [-0.39, 0.29) is 10.6 Å². The second-order valence-corrected chi connectivity index (χ2v) is 5.23. The predicted molar refractivity (Wildman–Crippen MR) is 73.8 cm³/mol. The minimum Gasteiger partial charge on any atom is -0.394 e. The lowest BCUT2D eigenvalue weighted by atomic mass is 9.97. The first-order valence-corrected chi connectivity index (χ1v) is 6.94. The van der Waals surface area contributed by atoms with Gasteiger partial charge in [0.15, 0.2) is 6.23 Å². The van der Waals surface area contributed by atoms with Crippen LogP contribution in [0.25, 0.3) is 0 Å². The molecular weight excluding hydrogens is 335 g/mol. The molecule has 0 bridgehead atoms. The Morgan fingerprint density at radius 1 is 1.08 bits per heavy atom. The van der Waals surface area contributed by atoms with E-state index in [0.717, 1.165) is 0 Å². The molecule has 0 radical (unpaired) electrons. The highest BCUT2D eigenvalue weighted by Gasteiger charge is 2.52. The second kappa shape index (κ2) is 7.03. The Kier molecular flexibility index (Phi) is 5.45. The highest BCUT2D eigenvalue weighted by molar-refractivity contribution is 5.97. The number of aliphatic hydroxyl groups excluding tert-OH is 4. The largest absolute Gasteiger partial charge is 0.471 e. The molecule has 1 aliphatic rings. The molecule has 1 saturated heterocycles. The smallest absolute Gasteiger partial charge is 0.394 e. The molecule has 1 amide bonds. The molecule has 1 fully saturated rings. The quantitative estimate of drug-likeness (QED) is 0.578. The zero-order valence-electron chi connectivity index (χ0n) is 12.2. The maximum absolute atomic E-state index is 12.9. The Balaban J connectivity index is 2.45. The monoisotopic (exact) mass is 351 g/mol. The topological polar surface area (TPSA) is 110 Å². The van der Waals surface area contributed by atoms with Crippen molar-refractivity contribution in [2.24, 2.45) is 0 Å².